The summed E-state index contributed by atoms with van der Waals surface area (Å²) in [4.78, 5) is 26.8. The van der Waals surface area contributed by atoms with Crippen LogP contribution in [0.4, 0.5) is 0 Å². The SMILES string of the molecule is CCN(CC)C(=O)C(CSc1ccc(Oc2ccccc2)cc1)NC(C)=O. The molecule has 0 aliphatic rings. The van der Waals surface area contributed by atoms with E-state index in [2.05, 4.69) is 5.32 Å². The number of carbonyl (C=O) groups excluding carboxylic acids is 2. The molecule has 1 N–H and O–H groups in total. The first-order valence-electron chi connectivity index (χ1n) is 9.05. The summed E-state index contributed by atoms with van der Waals surface area (Å²) in [6.07, 6.45) is 0. The summed E-state index contributed by atoms with van der Waals surface area (Å²) in [5.41, 5.74) is 0. The van der Waals surface area contributed by atoms with Crippen LogP contribution in [0, 0.1) is 0 Å². The minimum atomic E-state index is -0.535. The second-order valence-corrected chi connectivity index (χ2v) is 7.05. The molecule has 0 saturated heterocycles. The number of hydrogen-bond donors (Lipinski definition) is 1. The van der Waals surface area contributed by atoms with E-state index in [0.29, 0.717) is 18.8 Å². The number of amides is 2. The van der Waals surface area contributed by atoms with E-state index < -0.39 is 6.04 Å². The summed E-state index contributed by atoms with van der Waals surface area (Å²) in [6.45, 7) is 6.56. The standard InChI is InChI=1S/C21H26N2O3S/c1-4-23(5-2)21(25)20(22-16(3)24)15-27-19-13-11-18(12-14-19)26-17-9-7-6-8-10-17/h6-14,20H,4-5,15H2,1-3H3,(H,22,24). The number of thioether (sulfide) groups is 1. The highest BCUT2D eigenvalue weighted by atomic mass is 32.2. The van der Waals surface area contributed by atoms with E-state index in [4.69, 9.17) is 4.74 Å². The highest BCUT2D eigenvalue weighted by Crippen LogP contribution is 2.25. The maximum atomic E-state index is 12.6. The minimum Gasteiger partial charge on any atom is -0.457 e. The van der Waals surface area contributed by atoms with E-state index in [1.807, 2.05) is 68.4 Å². The van der Waals surface area contributed by atoms with Crippen LogP contribution in [0.3, 0.4) is 0 Å². The smallest absolute Gasteiger partial charge is 0.245 e. The Morgan fingerprint density at radius 1 is 1.00 bits per heavy atom. The maximum Gasteiger partial charge on any atom is 0.245 e. The summed E-state index contributed by atoms with van der Waals surface area (Å²) in [5.74, 6) is 1.77. The summed E-state index contributed by atoms with van der Waals surface area (Å²) < 4.78 is 5.78. The van der Waals surface area contributed by atoms with E-state index in [1.165, 1.54) is 18.7 Å². The van der Waals surface area contributed by atoms with Gasteiger partial charge in [0.15, 0.2) is 0 Å². The van der Waals surface area contributed by atoms with E-state index in [0.717, 1.165) is 16.4 Å². The van der Waals surface area contributed by atoms with Crippen molar-refractivity contribution in [1.82, 2.24) is 10.2 Å². The van der Waals surface area contributed by atoms with Gasteiger partial charge in [0.2, 0.25) is 11.8 Å². The zero-order valence-electron chi connectivity index (χ0n) is 16.0. The van der Waals surface area contributed by atoms with Crippen LogP contribution in [-0.4, -0.2) is 41.6 Å². The Labute approximate surface area is 165 Å². The third-order valence-electron chi connectivity index (χ3n) is 3.97. The Kier molecular flexibility index (Phi) is 8.20. The first kappa shape index (κ1) is 20.8. The van der Waals surface area contributed by atoms with Crippen LogP contribution in [0.1, 0.15) is 20.8 Å². The molecule has 2 rings (SSSR count). The van der Waals surface area contributed by atoms with Gasteiger partial charge < -0.3 is 15.0 Å². The van der Waals surface area contributed by atoms with Gasteiger partial charge in [0.05, 0.1) is 0 Å². The van der Waals surface area contributed by atoms with Gasteiger partial charge in [-0.2, -0.15) is 0 Å². The van der Waals surface area contributed by atoms with E-state index >= 15 is 0 Å². The summed E-state index contributed by atoms with van der Waals surface area (Å²) in [7, 11) is 0. The van der Waals surface area contributed by atoms with Crippen molar-refractivity contribution >= 4 is 23.6 Å². The predicted octanol–water partition coefficient (Wildman–Crippen LogP) is 3.94. The number of nitrogens with zero attached hydrogens (tertiary/aromatic N) is 1. The molecule has 0 bridgehead atoms. The molecule has 0 aliphatic heterocycles. The fourth-order valence-electron chi connectivity index (χ4n) is 2.58. The molecule has 2 amide bonds. The summed E-state index contributed by atoms with van der Waals surface area (Å²) >= 11 is 1.53. The van der Waals surface area contributed by atoms with Gasteiger partial charge in [0, 0.05) is 30.7 Å². The molecule has 0 aromatic heterocycles. The molecule has 1 unspecified atom stereocenters. The van der Waals surface area contributed by atoms with Crippen molar-refractivity contribution < 1.29 is 14.3 Å². The molecule has 0 aliphatic carbocycles. The molecule has 2 aromatic rings. The van der Waals surface area contributed by atoms with E-state index in [1.54, 1.807) is 4.90 Å². The Morgan fingerprint density at radius 3 is 2.15 bits per heavy atom. The monoisotopic (exact) mass is 386 g/mol. The lowest BCUT2D eigenvalue weighted by molar-refractivity contribution is -0.135. The molecule has 0 saturated carbocycles. The van der Waals surface area contributed by atoms with Crippen molar-refractivity contribution in [3.05, 3.63) is 54.6 Å². The van der Waals surface area contributed by atoms with Crippen LogP contribution < -0.4 is 10.1 Å². The number of hydrogen-bond acceptors (Lipinski definition) is 4. The second kappa shape index (κ2) is 10.6. The van der Waals surface area contributed by atoms with Crippen LogP contribution in [0.5, 0.6) is 11.5 Å². The molecule has 0 radical (unpaired) electrons. The molecule has 5 nitrogen and oxygen atoms in total. The van der Waals surface area contributed by atoms with Gasteiger partial charge in [-0.1, -0.05) is 18.2 Å². The van der Waals surface area contributed by atoms with Gasteiger partial charge in [0.1, 0.15) is 17.5 Å². The molecule has 144 valence electrons. The molecule has 1 atom stereocenters. The molecule has 27 heavy (non-hydrogen) atoms. The van der Waals surface area contributed by atoms with Crippen LogP contribution in [0.25, 0.3) is 0 Å². The minimum absolute atomic E-state index is 0.0493. The van der Waals surface area contributed by atoms with Crippen molar-refractivity contribution in [3.63, 3.8) is 0 Å². The van der Waals surface area contributed by atoms with Gasteiger partial charge in [-0.25, -0.2) is 0 Å². The quantitative estimate of drug-likeness (QED) is 0.663. The predicted molar refractivity (Wildman–Crippen MR) is 109 cm³/mol. The number of likely N-dealkylation sites (N-methyl/N-ethyl adjacent to an activating group) is 1. The topological polar surface area (TPSA) is 58.6 Å². The average Bonchev–Trinajstić information content (AvgIpc) is 2.67. The third kappa shape index (κ3) is 6.64. The van der Waals surface area contributed by atoms with Crippen LogP contribution in [0.15, 0.2) is 59.5 Å². The molecule has 0 fully saturated rings. The first-order valence-corrected chi connectivity index (χ1v) is 10.0. The fourth-order valence-corrected chi connectivity index (χ4v) is 3.50. The largest absolute Gasteiger partial charge is 0.457 e. The van der Waals surface area contributed by atoms with Gasteiger partial charge >= 0.3 is 0 Å². The van der Waals surface area contributed by atoms with E-state index in [-0.39, 0.29) is 11.8 Å². The fraction of sp³-hybridized carbons (Fsp3) is 0.333. The number of ether oxygens (including phenoxy) is 1. The van der Waals surface area contributed by atoms with Crippen molar-refractivity contribution in [2.24, 2.45) is 0 Å². The number of nitrogens with one attached hydrogen (secondary N) is 1. The molecular formula is C21H26N2O3S. The highest BCUT2D eigenvalue weighted by molar-refractivity contribution is 7.99. The molecule has 6 heteroatoms. The second-order valence-electron chi connectivity index (χ2n) is 5.96. The van der Waals surface area contributed by atoms with Gasteiger partial charge in [-0.3, -0.25) is 9.59 Å². The normalized spacial score (nSPS) is 11.5. The lowest BCUT2D eigenvalue weighted by atomic mass is 10.2. The van der Waals surface area contributed by atoms with Crippen LogP contribution in [0.2, 0.25) is 0 Å². The van der Waals surface area contributed by atoms with Gasteiger partial charge in [0.25, 0.3) is 0 Å². The molecule has 0 heterocycles. The van der Waals surface area contributed by atoms with Crippen molar-refractivity contribution in [2.45, 2.75) is 31.7 Å². The lowest BCUT2D eigenvalue weighted by Crippen LogP contribution is -2.49. The highest BCUT2D eigenvalue weighted by Gasteiger charge is 2.23. The van der Waals surface area contributed by atoms with Gasteiger partial charge in [-0.05, 0) is 50.2 Å². The zero-order valence-corrected chi connectivity index (χ0v) is 16.8. The first-order chi connectivity index (χ1) is 13.0. The summed E-state index contributed by atoms with van der Waals surface area (Å²) in [6, 6.07) is 16.8. The number of rotatable bonds is 9. The van der Waals surface area contributed by atoms with Crippen LogP contribution >= 0.6 is 11.8 Å². The number of benzene rings is 2. The van der Waals surface area contributed by atoms with Crippen molar-refractivity contribution in [1.29, 1.82) is 0 Å². The number of para-hydroxylation sites is 1. The molecule has 0 spiro atoms. The Bertz CT molecular complexity index is 731. The number of carbonyl (C=O) groups is 2. The zero-order chi connectivity index (χ0) is 19.6. The molecule has 2 aromatic carbocycles. The van der Waals surface area contributed by atoms with Gasteiger partial charge in [-0.15, -0.1) is 11.8 Å². The maximum absolute atomic E-state index is 12.6. The Hall–Kier alpha value is -2.47. The lowest BCUT2D eigenvalue weighted by Gasteiger charge is -2.25. The van der Waals surface area contributed by atoms with E-state index in [9.17, 15) is 9.59 Å². The summed E-state index contributed by atoms with van der Waals surface area (Å²) in [5, 5.41) is 2.77. The van der Waals surface area contributed by atoms with Crippen molar-refractivity contribution in [3.8, 4) is 11.5 Å². The third-order valence-corrected chi connectivity index (χ3v) is 5.08. The molecular weight excluding hydrogens is 360 g/mol. The van der Waals surface area contributed by atoms with Crippen LogP contribution in [-0.2, 0) is 9.59 Å². The van der Waals surface area contributed by atoms with Crippen molar-refractivity contribution in [2.75, 3.05) is 18.8 Å². The Morgan fingerprint density at radius 2 is 1.59 bits per heavy atom. The average molecular weight is 387 g/mol. The Balaban J connectivity index is 1.97.